The largest absolute Gasteiger partial charge is 0.488 e. The molecular formula is C15H11FN2OS. The minimum absolute atomic E-state index is 0.00724. The lowest BCUT2D eigenvalue weighted by molar-refractivity contribution is 0.308. The molecule has 0 atom stereocenters. The van der Waals surface area contributed by atoms with Gasteiger partial charge in [0.25, 0.3) is 0 Å². The molecule has 0 unspecified atom stereocenters. The first kappa shape index (κ1) is 14.1. The van der Waals surface area contributed by atoms with Crippen LogP contribution in [0.2, 0.25) is 0 Å². The molecule has 0 aliphatic rings. The summed E-state index contributed by atoms with van der Waals surface area (Å²) in [5.41, 5.74) is 5.31. The molecule has 3 nitrogen and oxygen atoms in total. The molecule has 0 saturated heterocycles. The molecule has 100 valence electrons. The molecule has 0 bridgehead atoms. The number of nitrogens with two attached hydrogens (primary N) is 1. The van der Waals surface area contributed by atoms with E-state index in [-0.39, 0.29) is 5.56 Å². The zero-order chi connectivity index (χ0) is 14.4. The summed E-state index contributed by atoms with van der Waals surface area (Å²) in [5.74, 6) is 5.53. The molecule has 0 radical (unpaired) electrons. The van der Waals surface area contributed by atoms with Crippen LogP contribution in [0.15, 0.2) is 30.3 Å². The van der Waals surface area contributed by atoms with Crippen LogP contribution in [0.5, 0.6) is 5.75 Å². The highest BCUT2D eigenvalue weighted by Crippen LogP contribution is 2.20. The maximum atomic E-state index is 13.4. The van der Waals surface area contributed by atoms with E-state index in [1.807, 2.05) is 12.1 Å². The minimum atomic E-state index is -0.578. The third kappa shape index (κ3) is 3.58. The van der Waals surface area contributed by atoms with Gasteiger partial charge in [-0.15, -0.1) is 11.3 Å². The van der Waals surface area contributed by atoms with Crippen LogP contribution < -0.4 is 10.5 Å². The number of hydrogen-bond donors (Lipinski definition) is 1. The lowest BCUT2D eigenvalue weighted by Gasteiger charge is -2.04. The first-order chi connectivity index (χ1) is 9.72. The van der Waals surface area contributed by atoms with Crippen LogP contribution in [0.25, 0.3) is 0 Å². The number of thiophene rings is 1. The Labute approximate surface area is 120 Å². The smallest absolute Gasteiger partial charge is 0.144 e. The summed E-state index contributed by atoms with van der Waals surface area (Å²) >= 11 is 1.50. The number of nitrogens with zero attached hydrogens (tertiary/aromatic N) is 1. The molecule has 1 heterocycles. The van der Waals surface area contributed by atoms with Crippen LogP contribution in [-0.4, -0.2) is 6.54 Å². The predicted molar refractivity (Wildman–Crippen MR) is 75.7 cm³/mol. The molecule has 0 aliphatic carbocycles. The SMILES string of the molecule is N#Cc1ccc(OCc2ccc(C#CCN)s2)cc1F. The molecule has 0 saturated carbocycles. The Balaban J connectivity index is 2.00. The van der Waals surface area contributed by atoms with Gasteiger partial charge in [0.1, 0.15) is 24.2 Å². The van der Waals surface area contributed by atoms with Gasteiger partial charge in [0.2, 0.25) is 0 Å². The van der Waals surface area contributed by atoms with Crippen molar-refractivity contribution in [3.63, 3.8) is 0 Å². The molecule has 5 heteroatoms. The molecule has 1 aromatic carbocycles. The van der Waals surface area contributed by atoms with Crippen LogP contribution in [0.3, 0.4) is 0 Å². The van der Waals surface area contributed by atoms with Crippen LogP contribution >= 0.6 is 11.3 Å². The van der Waals surface area contributed by atoms with E-state index >= 15 is 0 Å². The molecule has 20 heavy (non-hydrogen) atoms. The van der Waals surface area contributed by atoms with Gasteiger partial charge >= 0.3 is 0 Å². The fraction of sp³-hybridized carbons (Fsp3) is 0.133. The average molecular weight is 286 g/mol. The maximum Gasteiger partial charge on any atom is 0.144 e. The van der Waals surface area contributed by atoms with Crippen molar-refractivity contribution in [3.05, 3.63) is 51.5 Å². The first-order valence-electron chi connectivity index (χ1n) is 5.83. The first-order valence-corrected chi connectivity index (χ1v) is 6.64. The third-order valence-electron chi connectivity index (χ3n) is 2.42. The van der Waals surface area contributed by atoms with Crippen molar-refractivity contribution in [3.8, 4) is 23.7 Å². The molecule has 2 N–H and O–H groups in total. The van der Waals surface area contributed by atoms with Crippen molar-refractivity contribution >= 4 is 11.3 Å². The van der Waals surface area contributed by atoms with Crippen molar-refractivity contribution in [2.24, 2.45) is 5.73 Å². The predicted octanol–water partition coefficient (Wildman–Crippen LogP) is 2.65. The number of rotatable bonds is 3. The molecule has 0 amide bonds. The van der Waals surface area contributed by atoms with Crippen molar-refractivity contribution in [2.45, 2.75) is 6.61 Å². The van der Waals surface area contributed by atoms with Gasteiger partial charge in [0.15, 0.2) is 0 Å². The number of nitriles is 1. The van der Waals surface area contributed by atoms with E-state index in [2.05, 4.69) is 11.8 Å². The highest BCUT2D eigenvalue weighted by Gasteiger charge is 2.04. The van der Waals surface area contributed by atoms with Crippen molar-refractivity contribution in [1.82, 2.24) is 0 Å². The van der Waals surface area contributed by atoms with Gasteiger partial charge in [-0.25, -0.2) is 4.39 Å². The zero-order valence-corrected chi connectivity index (χ0v) is 11.3. The third-order valence-corrected chi connectivity index (χ3v) is 3.39. The Morgan fingerprint density at radius 2 is 2.15 bits per heavy atom. The van der Waals surface area contributed by atoms with Gasteiger partial charge in [-0.3, -0.25) is 0 Å². The highest BCUT2D eigenvalue weighted by atomic mass is 32.1. The molecular weight excluding hydrogens is 275 g/mol. The van der Waals surface area contributed by atoms with Gasteiger partial charge in [0.05, 0.1) is 17.0 Å². The van der Waals surface area contributed by atoms with Crippen molar-refractivity contribution < 1.29 is 9.13 Å². The molecule has 0 aliphatic heterocycles. The number of benzene rings is 1. The lowest BCUT2D eigenvalue weighted by atomic mass is 10.2. The molecule has 0 spiro atoms. The van der Waals surface area contributed by atoms with Crippen molar-refractivity contribution in [2.75, 3.05) is 6.54 Å². The highest BCUT2D eigenvalue weighted by molar-refractivity contribution is 7.12. The van der Waals surface area contributed by atoms with E-state index in [0.29, 0.717) is 18.9 Å². The molecule has 2 aromatic rings. The van der Waals surface area contributed by atoms with E-state index < -0.39 is 5.82 Å². The molecule has 1 aromatic heterocycles. The number of hydrogen-bond acceptors (Lipinski definition) is 4. The Morgan fingerprint density at radius 3 is 2.85 bits per heavy atom. The Bertz CT molecular complexity index is 707. The van der Waals surface area contributed by atoms with E-state index in [9.17, 15) is 4.39 Å². The van der Waals surface area contributed by atoms with Crippen LogP contribution in [0, 0.1) is 29.0 Å². The second-order valence-corrected chi connectivity index (χ2v) is 4.98. The number of halogens is 1. The van der Waals surface area contributed by atoms with Crippen LogP contribution in [0.1, 0.15) is 15.3 Å². The van der Waals surface area contributed by atoms with Crippen LogP contribution in [0.4, 0.5) is 4.39 Å². The normalized spacial score (nSPS) is 9.45. The molecule has 0 fully saturated rings. The Hall–Kier alpha value is -2.34. The summed E-state index contributed by atoms with van der Waals surface area (Å²) in [6.07, 6.45) is 0. The summed E-state index contributed by atoms with van der Waals surface area (Å²) in [7, 11) is 0. The summed E-state index contributed by atoms with van der Waals surface area (Å²) in [6, 6.07) is 9.75. The van der Waals surface area contributed by atoms with Gasteiger partial charge < -0.3 is 10.5 Å². The van der Waals surface area contributed by atoms with E-state index in [1.54, 1.807) is 12.1 Å². The topological polar surface area (TPSA) is 59.0 Å². The monoisotopic (exact) mass is 286 g/mol. The summed E-state index contributed by atoms with van der Waals surface area (Å²) in [6.45, 7) is 0.661. The van der Waals surface area contributed by atoms with Gasteiger partial charge in [-0.1, -0.05) is 11.8 Å². The van der Waals surface area contributed by atoms with Crippen LogP contribution in [-0.2, 0) is 6.61 Å². The summed E-state index contributed by atoms with van der Waals surface area (Å²) < 4.78 is 18.9. The van der Waals surface area contributed by atoms with E-state index in [4.69, 9.17) is 15.7 Å². The standard InChI is InChI=1S/C15H11FN2OS/c16-15-8-12(4-3-11(15)9-18)19-10-14-6-5-13(20-14)2-1-7-17/h3-6,8H,7,10,17H2. The second-order valence-electron chi connectivity index (χ2n) is 3.81. The number of ether oxygens (including phenoxy) is 1. The maximum absolute atomic E-state index is 13.4. The minimum Gasteiger partial charge on any atom is -0.488 e. The fourth-order valence-electron chi connectivity index (χ4n) is 1.49. The van der Waals surface area contributed by atoms with Gasteiger partial charge in [0, 0.05) is 10.9 Å². The fourth-order valence-corrected chi connectivity index (χ4v) is 2.29. The van der Waals surface area contributed by atoms with E-state index in [1.165, 1.54) is 23.5 Å². The summed E-state index contributed by atoms with van der Waals surface area (Å²) in [4.78, 5) is 1.90. The summed E-state index contributed by atoms with van der Waals surface area (Å²) in [5, 5.41) is 8.64. The van der Waals surface area contributed by atoms with Gasteiger partial charge in [-0.05, 0) is 24.3 Å². The quantitative estimate of drug-likeness (QED) is 0.882. The lowest BCUT2D eigenvalue weighted by Crippen LogP contribution is -1.94. The second kappa shape index (κ2) is 6.72. The Morgan fingerprint density at radius 1 is 1.30 bits per heavy atom. The zero-order valence-electron chi connectivity index (χ0n) is 10.5. The average Bonchev–Trinajstić information content (AvgIpc) is 2.91. The van der Waals surface area contributed by atoms with Crippen molar-refractivity contribution in [1.29, 1.82) is 5.26 Å². The van der Waals surface area contributed by atoms with Gasteiger partial charge in [-0.2, -0.15) is 5.26 Å². The Kier molecular flexibility index (Phi) is 4.73. The van der Waals surface area contributed by atoms with E-state index in [0.717, 1.165) is 9.75 Å². The molecule has 2 rings (SSSR count).